The van der Waals surface area contributed by atoms with Crippen molar-refractivity contribution in [3.05, 3.63) is 65.4 Å². The SMILES string of the molecule is C1=NCc2cc(CCc3ccc4ccccc4c3)[nH]c2N1. The van der Waals surface area contributed by atoms with Crippen molar-refractivity contribution in [3.63, 3.8) is 0 Å². The van der Waals surface area contributed by atoms with E-state index in [1.54, 1.807) is 6.34 Å². The molecule has 1 aromatic heterocycles. The Labute approximate surface area is 123 Å². The van der Waals surface area contributed by atoms with Crippen molar-refractivity contribution in [2.24, 2.45) is 4.99 Å². The molecule has 2 heterocycles. The van der Waals surface area contributed by atoms with Crippen molar-refractivity contribution in [1.29, 1.82) is 0 Å². The minimum atomic E-state index is 0.773. The van der Waals surface area contributed by atoms with Gasteiger partial charge in [0, 0.05) is 11.3 Å². The molecule has 0 radical (unpaired) electrons. The van der Waals surface area contributed by atoms with Crippen LogP contribution < -0.4 is 5.32 Å². The Hall–Kier alpha value is -2.55. The molecule has 0 saturated heterocycles. The first-order chi connectivity index (χ1) is 10.4. The topological polar surface area (TPSA) is 40.2 Å². The van der Waals surface area contributed by atoms with Crippen LogP contribution in [0.2, 0.25) is 0 Å². The zero-order chi connectivity index (χ0) is 14.1. The van der Waals surface area contributed by atoms with Crippen LogP contribution >= 0.6 is 0 Å². The van der Waals surface area contributed by atoms with Gasteiger partial charge >= 0.3 is 0 Å². The van der Waals surface area contributed by atoms with E-state index >= 15 is 0 Å². The lowest BCUT2D eigenvalue weighted by Gasteiger charge is -2.05. The lowest BCUT2D eigenvalue weighted by atomic mass is 10.0. The van der Waals surface area contributed by atoms with Crippen LogP contribution in [0.3, 0.4) is 0 Å². The van der Waals surface area contributed by atoms with E-state index in [1.165, 1.54) is 27.6 Å². The van der Waals surface area contributed by atoms with Gasteiger partial charge in [-0.05, 0) is 35.2 Å². The molecule has 0 unspecified atom stereocenters. The van der Waals surface area contributed by atoms with E-state index in [4.69, 9.17) is 0 Å². The Kier molecular flexibility index (Phi) is 2.96. The fraction of sp³-hybridized carbons (Fsp3) is 0.167. The molecule has 3 aromatic rings. The summed E-state index contributed by atoms with van der Waals surface area (Å²) >= 11 is 0. The summed E-state index contributed by atoms with van der Waals surface area (Å²) in [6, 6.07) is 17.5. The first-order valence-corrected chi connectivity index (χ1v) is 7.32. The number of aromatic amines is 1. The highest BCUT2D eigenvalue weighted by Crippen LogP contribution is 2.21. The Bertz CT molecular complexity index is 789. The maximum Gasteiger partial charge on any atom is 0.113 e. The third kappa shape index (κ3) is 2.42. The van der Waals surface area contributed by atoms with Crippen molar-refractivity contribution < 1.29 is 0 Å². The fourth-order valence-electron chi connectivity index (χ4n) is 2.88. The van der Waals surface area contributed by atoms with Crippen LogP contribution in [0.15, 0.2) is 53.5 Å². The zero-order valence-corrected chi connectivity index (χ0v) is 11.8. The van der Waals surface area contributed by atoms with Gasteiger partial charge in [-0.15, -0.1) is 0 Å². The summed E-state index contributed by atoms with van der Waals surface area (Å²) in [7, 11) is 0. The van der Waals surface area contributed by atoms with Gasteiger partial charge in [-0.1, -0.05) is 42.5 Å². The number of aromatic nitrogens is 1. The first-order valence-electron chi connectivity index (χ1n) is 7.32. The third-order valence-corrected chi connectivity index (χ3v) is 4.01. The van der Waals surface area contributed by atoms with Crippen molar-refractivity contribution >= 4 is 22.9 Å². The van der Waals surface area contributed by atoms with E-state index in [0.717, 1.165) is 25.2 Å². The molecule has 3 nitrogen and oxygen atoms in total. The average molecular weight is 275 g/mol. The monoisotopic (exact) mass is 275 g/mol. The number of anilines is 1. The van der Waals surface area contributed by atoms with E-state index < -0.39 is 0 Å². The van der Waals surface area contributed by atoms with Gasteiger partial charge in [0.15, 0.2) is 0 Å². The third-order valence-electron chi connectivity index (χ3n) is 4.01. The zero-order valence-electron chi connectivity index (χ0n) is 11.8. The highest BCUT2D eigenvalue weighted by atomic mass is 15.1. The molecular formula is C18H17N3. The lowest BCUT2D eigenvalue weighted by molar-refractivity contribution is 0.928. The number of benzene rings is 2. The number of rotatable bonds is 3. The van der Waals surface area contributed by atoms with E-state index in [-0.39, 0.29) is 0 Å². The van der Waals surface area contributed by atoms with Gasteiger partial charge in [0.1, 0.15) is 5.82 Å². The Morgan fingerprint density at radius 1 is 0.952 bits per heavy atom. The maximum atomic E-state index is 4.23. The lowest BCUT2D eigenvalue weighted by Crippen LogP contribution is -2.03. The molecule has 2 N–H and O–H groups in total. The quantitative estimate of drug-likeness (QED) is 0.747. The Morgan fingerprint density at radius 3 is 2.76 bits per heavy atom. The van der Waals surface area contributed by atoms with E-state index in [9.17, 15) is 0 Å². The van der Waals surface area contributed by atoms with Crippen LogP contribution in [0.25, 0.3) is 10.8 Å². The van der Waals surface area contributed by atoms with Gasteiger partial charge in [-0.3, -0.25) is 4.99 Å². The number of hydrogen-bond acceptors (Lipinski definition) is 2. The number of nitrogens with zero attached hydrogens (tertiary/aromatic N) is 1. The summed E-state index contributed by atoms with van der Waals surface area (Å²) in [5.41, 5.74) is 3.91. The van der Waals surface area contributed by atoms with E-state index in [2.05, 4.69) is 63.8 Å². The minimum absolute atomic E-state index is 0.773. The van der Waals surface area contributed by atoms with Gasteiger partial charge in [0.25, 0.3) is 0 Å². The molecule has 3 heteroatoms. The summed E-state index contributed by atoms with van der Waals surface area (Å²) in [5, 5.41) is 5.78. The molecule has 21 heavy (non-hydrogen) atoms. The smallest absolute Gasteiger partial charge is 0.113 e. The van der Waals surface area contributed by atoms with Crippen molar-refractivity contribution in [1.82, 2.24) is 4.98 Å². The minimum Gasteiger partial charge on any atom is -0.345 e. The van der Waals surface area contributed by atoms with Gasteiger partial charge < -0.3 is 10.3 Å². The number of nitrogens with one attached hydrogen (secondary N) is 2. The second-order valence-electron chi connectivity index (χ2n) is 5.49. The van der Waals surface area contributed by atoms with Gasteiger partial charge in [-0.2, -0.15) is 0 Å². The van der Waals surface area contributed by atoms with Crippen molar-refractivity contribution in [3.8, 4) is 0 Å². The first kappa shape index (κ1) is 12.2. The van der Waals surface area contributed by atoms with Gasteiger partial charge in [0.2, 0.25) is 0 Å². The second-order valence-corrected chi connectivity index (χ2v) is 5.49. The summed E-state index contributed by atoms with van der Waals surface area (Å²) < 4.78 is 0. The molecule has 0 fully saturated rings. The Balaban J connectivity index is 1.51. The number of aryl methyl sites for hydroxylation is 2. The van der Waals surface area contributed by atoms with Crippen LogP contribution in [-0.2, 0) is 19.4 Å². The largest absolute Gasteiger partial charge is 0.345 e. The Morgan fingerprint density at radius 2 is 1.86 bits per heavy atom. The molecule has 1 aliphatic heterocycles. The van der Waals surface area contributed by atoms with Crippen LogP contribution in [0, 0.1) is 0 Å². The summed E-state index contributed by atoms with van der Waals surface area (Å²) in [4.78, 5) is 7.67. The molecule has 4 rings (SSSR count). The van der Waals surface area contributed by atoms with Crippen molar-refractivity contribution in [2.75, 3.05) is 5.32 Å². The highest BCUT2D eigenvalue weighted by molar-refractivity contribution is 5.83. The molecular weight excluding hydrogens is 258 g/mol. The molecule has 1 aliphatic rings. The van der Waals surface area contributed by atoms with Crippen LogP contribution in [0.5, 0.6) is 0 Å². The normalized spacial score (nSPS) is 13.1. The molecule has 0 amide bonds. The molecule has 0 aliphatic carbocycles. The van der Waals surface area contributed by atoms with Crippen LogP contribution in [0.4, 0.5) is 5.82 Å². The molecule has 0 atom stereocenters. The van der Waals surface area contributed by atoms with Crippen LogP contribution in [0.1, 0.15) is 16.8 Å². The summed E-state index contributed by atoms with van der Waals surface area (Å²) in [6.07, 6.45) is 3.82. The summed E-state index contributed by atoms with van der Waals surface area (Å²) in [5.74, 6) is 1.10. The predicted octanol–water partition coefficient (Wildman–Crippen LogP) is 3.91. The molecule has 2 aromatic carbocycles. The predicted molar refractivity (Wildman–Crippen MR) is 88.0 cm³/mol. The fourth-order valence-corrected chi connectivity index (χ4v) is 2.88. The number of aliphatic imine (C=N–C) groups is 1. The standard InChI is InChI=1S/C18H17N3/c1-2-4-15-9-13(5-7-14(15)3-1)6-8-17-10-16-11-19-12-20-18(16)21-17/h1-5,7,9-10,12,21H,6,8,11H2,(H,19,20). The number of fused-ring (bicyclic) bond motifs is 2. The van der Waals surface area contributed by atoms with Crippen molar-refractivity contribution in [2.45, 2.75) is 19.4 Å². The average Bonchev–Trinajstić information content (AvgIpc) is 2.95. The molecule has 0 bridgehead atoms. The summed E-state index contributed by atoms with van der Waals surface area (Å²) in [6.45, 7) is 0.773. The highest BCUT2D eigenvalue weighted by Gasteiger charge is 2.09. The molecule has 104 valence electrons. The second kappa shape index (κ2) is 5.09. The van der Waals surface area contributed by atoms with Gasteiger partial charge in [-0.25, -0.2) is 0 Å². The van der Waals surface area contributed by atoms with E-state index in [1.807, 2.05) is 0 Å². The van der Waals surface area contributed by atoms with E-state index in [0.29, 0.717) is 0 Å². The molecule has 0 spiro atoms. The molecule has 0 saturated carbocycles. The van der Waals surface area contributed by atoms with Crippen LogP contribution in [-0.4, -0.2) is 11.3 Å². The maximum absolute atomic E-state index is 4.23. The number of H-pyrrole nitrogens is 1. The number of hydrogen-bond donors (Lipinski definition) is 2. The van der Waals surface area contributed by atoms with Gasteiger partial charge in [0.05, 0.1) is 12.9 Å².